The van der Waals surface area contributed by atoms with Gasteiger partial charge >= 0.3 is 0 Å². The predicted molar refractivity (Wildman–Crippen MR) is 73.5 cm³/mol. The van der Waals surface area contributed by atoms with Crippen LogP contribution in [0, 0.1) is 5.82 Å². The van der Waals surface area contributed by atoms with Gasteiger partial charge in [0.15, 0.2) is 5.71 Å². The number of nitrogens with zero attached hydrogens (tertiary/aromatic N) is 2. The van der Waals surface area contributed by atoms with Crippen molar-refractivity contribution in [2.45, 2.75) is 0 Å². The Morgan fingerprint density at radius 2 is 2.21 bits per heavy atom. The molecule has 19 heavy (non-hydrogen) atoms. The highest BCUT2D eigenvalue weighted by Crippen LogP contribution is 2.24. The van der Waals surface area contributed by atoms with E-state index in [1.165, 1.54) is 29.5 Å². The molecule has 3 rings (SSSR count). The van der Waals surface area contributed by atoms with E-state index < -0.39 is 5.82 Å². The number of carbonyl (C=O) groups is 1. The highest BCUT2D eigenvalue weighted by Gasteiger charge is 2.26. The van der Waals surface area contributed by atoms with E-state index >= 15 is 0 Å². The zero-order valence-electron chi connectivity index (χ0n) is 9.63. The van der Waals surface area contributed by atoms with Crippen molar-refractivity contribution < 1.29 is 9.18 Å². The lowest BCUT2D eigenvalue weighted by Gasteiger charge is -1.95. The standard InChI is InChI=1S/C13H8FN3OS/c14-8-3-4-11-10(6-8)12(13(18)16-11)17-15-7-9-2-1-5-19-9/h1-7H,(H,16,17,18)/b15-7+. The molecule has 2 heterocycles. The number of fused-ring (bicyclic) bond motifs is 1. The van der Waals surface area contributed by atoms with Crippen LogP contribution in [0.15, 0.2) is 45.9 Å². The second-order valence-corrected chi connectivity index (χ2v) is 4.83. The van der Waals surface area contributed by atoms with Crippen molar-refractivity contribution in [3.63, 3.8) is 0 Å². The Balaban J connectivity index is 1.93. The molecule has 0 fully saturated rings. The largest absolute Gasteiger partial charge is 0.320 e. The van der Waals surface area contributed by atoms with Gasteiger partial charge in [-0.05, 0) is 29.6 Å². The van der Waals surface area contributed by atoms with Gasteiger partial charge in [-0.25, -0.2) is 4.39 Å². The molecule has 1 N–H and O–H groups in total. The summed E-state index contributed by atoms with van der Waals surface area (Å²) in [5, 5.41) is 12.3. The number of carbonyl (C=O) groups excluding carboxylic acids is 1. The average Bonchev–Trinajstić information content (AvgIpc) is 2.99. The fraction of sp³-hybridized carbons (Fsp3) is 0. The normalized spacial score (nSPS) is 16.1. The van der Waals surface area contributed by atoms with E-state index in [1.807, 2.05) is 17.5 Å². The number of amides is 1. The van der Waals surface area contributed by atoms with E-state index in [2.05, 4.69) is 15.5 Å². The van der Waals surface area contributed by atoms with Crippen LogP contribution >= 0.6 is 11.3 Å². The van der Waals surface area contributed by atoms with Gasteiger partial charge in [-0.2, -0.15) is 5.10 Å². The number of rotatable bonds is 2. The molecule has 4 nitrogen and oxygen atoms in total. The van der Waals surface area contributed by atoms with Crippen LogP contribution in [0.25, 0.3) is 0 Å². The molecule has 0 atom stereocenters. The van der Waals surface area contributed by atoms with E-state index in [4.69, 9.17) is 0 Å². The molecule has 1 aromatic heterocycles. The van der Waals surface area contributed by atoms with Crippen molar-refractivity contribution >= 4 is 34.9 Å². The molecule has 1 amide bonds. The molecule has 1 aliphatic heterocycles. The highest BCUT2D eigenvalue weighted by atomic mass is 32.1. The highest BCUT2D eigenvalue weighted by molar-refractivity contribution is 7.11. The molecule has 0 radical (unpaired) electrons. The average molecular weight is 273 g/mol. The molecule has 0 aliphatic carbocycles. The third-order valence-corrected chi connectivity index (χ3v) is 3.39. The van der Waals surface area contributed by atoms with Crippen LogP contribution in [0.3, 0.4) is 0 Å². The van der Waals surface area contributed by atoms with Crippen LogP contribution in [0.5, 0.6) is 0 Å². The Hall–Kier alpha value is -2.34. The quantitative estimate of drug-likeness (QED) is 0.663. The summed E-state index contributed by atoms with van der Waals surface area (Å²) >= 11 is 1.52. The van der Waals surface area contributed by atoms with Crippen molar-refractivity contribution in [1.82, 2.24) is 0 Å². The monoisotopic (exact) mass is 273 g/mol. The van der Waals surface area contributed by atoms with Gasteiger partial charge in [0.2, 0.25) is 0 Å². The predicted octanol–water partition coefficient (Wildman–Crippen LogP) is 2.66. The van der Waals surface area contributed by atoms with E-state index in [0.717, 1.165) is 4.88 Å². The van der Waals surface area contributed by atoms with Crippen molar-refractivity contribution in [2.75, 3.05) is 5.32 Å². The first-order chi connectivity index (χ1) is 9.24. The van der Waals surface area contributed by atoms with Crippen LogP contribution in [0.1, 0.15) is 10.4 Å². The molecule has 0 unspecified atom stereocenters. The number of hydrogen-bond acceptors (Lipinski definition) is 4. The molecule has 0 bridgehead atoms. The number of thiophene rings is 1. The van der Waals surface area contributed by atoms with Crippen LogP contribution in [-0.2, 0) is 4.79 Å². The van der Waals surface area contributed by atoms with Gasteiger partial charge in [-0.1, -0.05) is 6.07 Å². The molecule has 0 saturated carbocycles. The van der Waals surface area contributed by atoms with Crippen LogP contribution < -0.4 is 5.32 Å². The second-order valence-electron chi connectivity index (χ2n) is 3.85. The first-order valence-electron chi connectivity index (χ1n) is 5.50. The van der Waals surface area contributed by atoms with Crippen molar-refractivity contribution in [1.29, 1.82) is 0 Å². The minimum Gasteiger partial charge on any atom is -0.320 e. The lowest BCUT2D eigenvalue weighted by Crippen LogP contribution is -2.13. The lowest BCUT2D eigenvalue weighted by atomic mass is 10.1. The Bertz CT molecular complexity index is 692. The molecular weight excluding hydrogens is 265 g/mol. The van der Waals surface area contributed by atoms with Gasteiger partial charge in [0.25, 0.3) is 5.91 Å². The van der Waals surface area contributed by atoms with Crippen LogP contribution in [0.4, 0.5) is 10.1 Å². The molecule has 2 aromatic rings. The summed E-state index contributed by atoms with van der Waals surface area (Å²) in [4.78, 5) is 12.6. The molecule has 1 aromatic carbocycles. The van der Waals surface area contributed by atoms with Gasteiger partial charge in [-0.3, -0.25) is 4.79 Å². The summed E-state index contributed by atoms with van der Waals surface area (Å²) in [6, 6.07) is 7.85. The number of benzene rings is 1. The summed E-state index contributed by atoms with van der Waals surface area (Å²) in [7, 11) is 0. The molecule has 0 spiro atoms. The fourth-order valence-corrected chi connectivity index (χ4v) is 2.31. The molecular formula is C13H8FN3OS. The topological polar surface area (TPSA) is 53.8 Å². The van der Waals surface area contributed by atoms with E-state index in [1.54, 1.807) is 6.21 Å². The number of halogens is 1. The van der Waals surface area contributed by atoms with Crippen molar-refractivity contribution in [3.05, 3.63) is 52.0 Å². The lowest BCUT2D eigenvalue weighted by molar-refractivity contribution is -0.110. The third-order valence-electron chi connectivity index (χ3n) is 2.59. The molecule has 94 valence electrons. The van der Waals surface area contributed by atoms with E-state index in [0.29, 0.717) is 11.3 Å². The summed E-state index contributed by atoms with van der Waals surface area (Å²) in [6.45, 7) is 0. The van der Waals surface area contributed by atoms with Crippen molar-refractivity contribution in [3.8, 4) is 0 Å². The minimum atomic E-state index is -0.412. The summed E-state index contributed by atoms with van der Waals surface area (Å²) in [5.74, 6) is -0.783. The number of nitrogens with one attached hydrogen (secondary N) is 1. The Kier molecular flexibility index (Phi) is 2.92. The second kappa shape index (κ2) is 4.74. The van der Waals surface area contributed by atoms with E-state index in [9.17, 15) is 9.18 Å². The SMILES string of the molecule is O=C1Nc2ccc(F)cc2/C1=N/N=C/c1cccs1. The maximum absolute atomic E-state index is 13.2. The molecule has 1 aliphatic rings. The van der Waals surface area contributed by atoms with Gasteiger partial charge in [0.05, 0.1) is 11.9 Å². The van der Waals surface area contributed by atoms with Crippen LogP contribution in [-0.4, -0.2) is 17.8 Å². The summed E-state index contributed by atoms with van der Waals surface area (Å²) in [6.07, 6.45) is 1.56. The van der Waals surface area contributed by atoms with Gasteiger partial charge in [-0.15, -0.1) is 16.4 Å². The maximum Gasteiger partial charge on any atom is 0.276 e. The maximum atomic E-state index is 13.2. The van der Waals surface area contributed by atoms with Gasteiger partial charge in [0, 0.05) is 10.4 Å². The zero-order valence-corrected chi connectivity index (χ0v) is 10.4. The van der Waals surface area contributed by atoms with Gasteiger partial charge < -0.3 is 5.32 Å². The number of anilines is 1. The Labute approximate surface area is 112 Å². The molecule has 6 heteroatoms. The number of hydrogen-bond donors (Lipinski definition) is 1. The minimum absolute atomic E-state index is 0.127. The first-order valence-corrected chi connectivity index (χ1v) is 6.38. The Morgan fingerprint density at radius 3 is 3.00 bits per heavy atom. The third kappa shape index (κ3) is 2.30. The van der Waals surface area contributed by atoms with Gasteiger partial charge in [0.1, 0.15) is 5.82 Å². The summed E-state index contributed by atoms with van der Waals surface area (Å²) in [5.41, 5.74) is 1.12. The smallest absolute Gasteiger partial charge is 0.276 e. The first kappa shape index (κ1) is 11.7. The zero-order chi connectivity index (χ0) is 13.2. The Morgan fingerprint density at radius 1 is 1.32 bits per heavy atom. The molecule has 0 saturated heterocycles. The summed E-state index contributed by atoms with van der Waals surface area (Å²) < 4.78 is 13.2. The van der Waals surface area contributed by atoms with Crippen molar-refractivity contribution in [2.24, 2.45) is 10.2 Å². The fourth-order valence-electron chi connectivity index (χ4n) is 1.73. The van der Waals surface area contributed by atoms with Crippen LogP contribution in [0.2, 0.25) is 0 Å². The van der Waals surface area contributed by atoms with E-state index in [-0.39, 0.29) is 11.6 Å².